The molecule has 0 amide bonds. The SMILES string of the molecule is CC1(O)OO1.[SeH2]. The van der Waals surface area contributed by atoms with Gasteiger partial charge in [0.15, 0.2) is 0 Å². The van der Waals surface area contributed by atoms with Gasteiger partial charge in [-0.3, -0.25) is 0 Å². The van der Waals surface area contributed by atoms with Crippen LogP contribution < -0.4 is 0 Å². The monoisotopic (exact) mass is 158 g/mol. The van der Waals surface area contributed by atoms with Crippen LogP contribution in [0.4, 0.5) is 0 Å². The first-order chi connectivity index (χ1) is 2.21. The molecule has 0 atom stereocenters. The van der Waals surface area contributed by atoms with Crippen molar-refractivity contribution in [3.63, 3.8) is 0 Å². The van der Waals surface area contributed by atoms with Crippen molar-refractivity contribution < 1.29 is 14.9 Å². The molecule has 0 aromatic heterocycles. The first-order valence-electron chi connectivity index (χ1n) is 1.30. The summed E-state index contributed by atoms with van der Waals surface area (Å²) in [4.78, 5) is 7.90. The van der Waals surface area contributed by atoms with Crippen molar-refractivity contribution in [1.82, 2.24) is 0 Å². The van der Waals surface area contributed by atoms with Gasteiger partial charge in [0, 0.05) is 6.92 Å². The molecule has 4 heteroatoms. The molecule has 0 aromatic rings. The van der Waals surface area contributed by atoms with E-state index in [0.717, 1.165) is 0 Å². The van der Waals surface area contributed by atoms with E-state index in [1.165, 1.54) is 6.92 Å². The van der Waals surface area contributed by atoms with Crippen LogP contribution in [0.25, 0.3) is 0 Å². The average Bonchev–Trinajstić information content (AvgIpc) is 1.76. The van der Waals surface area contributed by atoms with Crippen molar-refractivity contribution in [1.29, 1.82) is 0 Å². The molecule has 1 aliphatic rings. The van der Waals surface area contributed by atoms with Gasteiger partial charge in [-0.15, -0.1) is 0 Å². The van der Waals surface area contributed by atoms with Crippen LogP contribution in [0.1, 0.15) is 6.92 Å². The van der Waals surface area contributed by atoms with E-state index in [1.54, 1.807) is 0 Å². The van der Waals surface area contributed by atoms with Gasteiger partial charge in [-0.1, -0.05) is 0 Å². The second-order valence-corrected chi connectivity index (χ2v) is 1.06. The summed E-state index contributed by atoms with van der Waals surface area (Å²) in [6.07, 6.45) is 0. The average molecular weight is 157 g/mol. The van der Waals surface area contributed by atoms with Crippen molar-refractivity contribution in [2.75, 3.05) is 0 Å². The van der Waals surface area contributed by atoms with Crippen molar-refractivity contribution in [2.45, 2.75) is 12.9 Å². The molecular weight excluding hydrogens is 151 g/mol. The molecule has 1 aliphatic heterocycles. The van der Waals surface area contributed by atoms with E-state index < -0.39 is 5.97 Å². The van der Waals surface area contributed by atoms with E-state index >= 15 is 0 Å². The fourth-order valence-electron chi connectivity index (χ4n) is 0.0603. The van der Waals surface area contributed by atoms with Gasteiger partial charge in [-0.2, -0.15) is 9.78 Å². The molecule has 3 nitrogen and oxygen atoms in total. The summed E-state index contributed by atoms with van der Waals surface area (Å²) in [6, 6.07) is 0. The summed E-state index contributed by atoms with van der Waals surface area (Å²) in [5, 5.41) is 8.19. The van der Waals surface area contributed by atoms with Gasteiger partial charge < -0.3 is 5.11 Å². The number of hydrogen-bond acceptors (Lipinski definition) is 3. The normalized spacial score (nSPS) is 25.0. The zero-order chi connectivity index (χ0) is 3.91. The molecule has 0 radical (unpaired) electrons. The Hall–Kier alpha value is 0.399. The molecule has 1 rings (SSSR count). The predicted octanol–water partition coefficient (Wildman–Crippen LogP) is -1.30. The summed E-state index contributed by atoms with van der Waals surface area (Å²) < 4.78 is 0. The molecule has 0 aromatic carbocycles. The zero-order valence-electron chi connectivity index (χ0n) is 3.26. The molecule has 0 aliphatic carbocycles. The van der Waals surface area contributed by atoms with Crippen molar-refractivity contribution >= 4 is 17.1 Å². The minimum absolute atomic E-state index is 0. The van der Waals surface area contributed by atoms with Gasteiger partial charge >= 0.3 is 23.0 Å². The number of hydrogen-bond donors (Lipinski definition) is 1. The topological polar surface area (TPSA) is 45.3 Å². The quantitative estimate of drug-likeness (QED) is 0.270. The van der Waals surface area contributed by atoms with E-state index in [1.807, 2.05) is 0 Å². The van der Waals surface area contributed by atoms with Crippen molar-refractivity contribution in [3.8, 4) is 0 Å². The maximum absolute atomic E-state index is 8.19. The second-order valence-electron chi connectivity index (χ2n) is 1.06. The Morgan fingerprint density at radius 3 is 1.67 bits per heavy atom. The second kappa shape index (κ2) is 1.48. The fraction of sp³-hybridized carbons (Fsp3) is 1.00. The van der Waals surface area contributed by atoms with Crippen LogP contribution in [0.2, 0.25) is 0 Å². The van der Waals surface area contributed by atoms with Gasteiger partial charge in [0.1, 0.15) is 0 Å². The number of aliphatic hydroxyl groups is 1. The number of rotatable bonds is 0. The van der Waals surface area contributed by atoms with Crippen LogP contribution in [0.5, 0.6) is 0 Å². The van der Waals surface area contributed by atoms with E-state index in [0.29, 0.717) is 0 Å². The first kappa shape index (κ1) is 6.40. The summed E-state index contributed by atoms with van der Waals surface area (Å²) in [5.74, 6) is -1.25. The standard InChI is InChI=1S/C2H4O3.H2Se/c1-2(3)4-5-2;/h3H,1H3;1H2. The molecule has 0 bridgehead atoms. The van der Waals surface area contributed by atoms with E-state index in [2.05, 4.69) is 9.78 Å². The molecule has 1 saturated heterocycles. The Labute approximate surface area is 45.6 Å². The van der Waals surface area contributed by atoms with Crippen LogP contribution in [-0.2, 0) is 9.78 Å². The first-order valence-corrected chi connectivity index (χ1v) is 1.30. The third-order valence-corrected chi connectivity index (χ3v) is 0.325. The third-order valence-electron chi connectivity index (χ3n) is 0.325. The zero-order valence-corrected chi connectivity index (χ0v) is 5.36. The molecule has 1 heterocycles. The summed E-state index contributed by atoms with van der Waals surface area (Å²) in [7, 11) is 0. The summed E-state index contributed by atoms with van der Waals surface area (Å²) in [6.45, 7) is 1.41. The van der Waals surface area contributed by atoms with Crippen LogP contribution in [0.3, 0.4) is 0 Å². The minimum atomic E-state index is -1.25. The van der Waals surface area contributed by atoms with Gasteiger partial charge in [0.25, 0.3) is 0 Å². The van der Waals surface area contributed by atoms with Gasteiger partial charge in [0.05, 0.1) is 0 Å². The molecule has 6 heavy (non-hydrogen) atoms. The molecular formula is C2H6O3Se. The Morgan fingerprint density at radius 1 is 1.50 bits per heavy atom. The Bertz CT molecular complexity index is 46.8. The maximum atomic E-state index is 8.19. The molecule has 0 saturated carbocycles. The van der Waals surface area contributed by atoms with E-state index in [4.69, 9.17) is 5.11 Å². The van der Waals surface area contributed by atoms with Crippen LogP contribution >= 0.6 is 0 Å². The Balaban J connectivity index is 0.000000250. The molecule has 38 valence electrons. The molecule has 1 N–H and O–H groups in total. The van der Waals surface area contributed by atoms with E-state index in [-0.39, 0.29) is 17.1 Å². The van der Waals surface area contributed by atoms with Crippen molar-refractivity contribution in [2.24, 2.45) is 0 Å². The Morgan fingerprint density at radius 2 is 1.67 bits per heavy atom. The van der Waals surface area contributed by atoms with Crippen LogP contribution in [0.15, 0.2) is 0 Å². The summed E-state index contributed by atoms with van der Waals surface area (Å²) in [5.41, 5.74) is 0. The molecule has 0 spiro atoms. The fourth-order valence-corrected chi connectivity index (χ4v) is 0.0603. The van der Waals surface area contributed by atoms with E-state index in [9.17, 15) is 0 Å². The molecule has 0 unspecified atom stereocenters. The Kier molecular flexibility index (Phi) is 1.58. The molecule has 1 fully saturated rings. The summed E-state index contributed by atoms with van der Waals surface area (Å²) >= 11 is 0. The van der Waals surface area contributed by atoms with Crippen LogP contribution in [-0.4, -0.2) is 28.1 Å². The van der Waals surface area contributed by atoms with Gasteiger partial charge in [0.2, 0.25) is 0 Å². The third kappa shape index (κ3) is 1.74. The van der Waals surface area contributed by atoms with Gasteiger partial charge in [-0.25, -0.2) is 0 Å². The van der Waals surface area contributed by atoms with Crippen molar-refractivity contribution in [3.05, 3.63) is 0 Å². The van der Waals surface area contributed by atoms with Gasteiger partial charge in [-0.05, 0) is 0 Å². The van der Waals surface area contributed by atoms with Crippen LogP contribution in [0, 0.1) is 0 Å². The predicted molar refractivity (Wildman–Crippen MR) is 21.3 cm³/mol.